The summed E-state index contributed by atoms with van der Waals surface area (Å²) in [5.41, 5.74) is 3.78. The number of amides is 2. The van der Waals surface area contributed by atoms with Gasteiger partial charge in [0.1, 0.15) is 5.92 Å². The Labute approximate surface area is 155 Å². The van der Waals surface area contributed by atoms with Crippen molar-refractivity contribution in [1.29, 1.82) is 0 Å². The molecule has 2 heterocycles. The number of carbonyl (C=O) groups is 2. The minimum absolute atomic E-state index is 0.0968. The molecule has 0 aromatic heterocycles. The van der Waals surface area contributed by atoms with Gasteiger partial charge in [-0.1, -0.05) is 12.8 Å². The Balaban J connectivity index is 1.99. The lowest BCUT2D eigenvalue weighted by Gasteiger charge is -2.24. The maximum absolute atomic E-state index is 13.1. The van der Waals surface area contributed by atoms with Crippen molar-refractivity contribution < 1.29 is 14.3 Å². The minimum atomic E-state index is -0.729. The molecule has 26 heavy (non-hydrogen) atoms. The fraction of sp³-hybridized carbons (Fsp3) is 0.524. The lowest BCUT2D eigenvalue weighted by atomic mass is 9.87. The SMILES string of the molecule is CC#Cc1cc(C)c(C2C(=O)N3CCC(OC)CCN3C2=O)c(CC)c1. The molecule has 2 saturated heterocycles. The van der Waals surface area contributed by atoms with Crippen molar-refractivity contribution in [3.8, 4) is 11.8 Å². The molecule has 138 valence electrons. The molecule has 3 rings (SSSR count). The maximum Gasteiger partial charge on any atom is 0.258 e. The number of carbonyl (C=O) groups excluding carboxylic acids is 2. The molecule has 0 N–H and O–H groups in total. The normalized spacial score (nSPS) is 18.6. The zero-order valence-corrected chi connectivity index (χ0v) is 16.0. The van der Waals surface area contributed by atoms with Crippen LogP contribution in [0.25, 0.3) is 0 Å². The number of hydrogen-bond donors (Lipinski definition) is 0. The summed E-state index contributed by atoms with van der Waals surface area (Å²) in [7, 11) is 1.68. The first-order chi connectivity index (χ1) is 12.5. The molecule has 0 bridgehead atoms. The number of hydrogen-bond acceptors (Lipinski definition) is 3. The van der Waals surface area contributed by atoms with Crippen LogP contribution in [-0.2, 0) is 20.7 Å². The molecule has 0 saturated carbocycles. The summed E-state index contributed by atoms with van der Waals surface area (Å²) in [5.74, 6) is 5.04. The Morgan fingerprint density at radius 2 is 1.77 bits per heavy atom. The van der Waals surface area contributed by atoms with Gasteiger partial charge in [-0.15, -0.1) is 5.92 Å². The Kier molecular flexibility index (Phi) is 5.33. The monoisotopic (exact) mass is 354 g/mol. The van der Waals surface area contributed by atoms with Crippen molar-refractivity contribution >= 4 is 11.8 Å². The van der Waals surface area contributed by atoms with Gasteiger partial charge in [0.25, 0.3) is 11.8 Å². The van der Waals surface area contributed by atoms with E-state index in [4.69, 9.17) is 4.74 Å². The predicted octanol–water partition coefficient (Wildman–Crippen LogP) is 2.41. The highest BCUT2D eigenvalue weighted by Gasteiger charge is 2.48. The van der Waals surface area contributed by atoms with Crippen LogP contribution in [0.4, 0.5) is 0 Å². The average molecular weight is 354 g/mol. The largest absolute Gasteiger partial charge is 0.381 e. The third-order valence-corrected chi connectivity index (χ3v) is 5.36. The van der Waals surface area contributed by atoms with Crippen molar-refractivity contribution in [1.82, 2.24) is 10.0 Å². The number of rotatable bonds is 3. The summed E-state index contributed by atoms with van der Waals surface area (Å²) in [5, 5.41) is 3.26. The van der Waals surface area contributed by atoms with Gasteiger partial charge in [0.15, 0.2) is 0 Å². The van der Waals surface area contributed by atoms with E-state index in [9.17, 15) is 9.59 Å². The summed E-state index contributed by atoms with van der Waals surface area (Å²) in [6, 6.07) is 3.99. The molecular formula is C21H26N2O3. The number of nitrogens with zero attached hydrogens (tertiary/aromatic N) is 2. The summed E-state index contributed by atoms with van der Waals surface area (Å²) in [6.45, 7) is 6.88. The van der Waals surface area contributed by atoms with Crippen LogP contribution < -0.4 is 0 Å². The maximum atomic E-state index is 13.1. The van der Waals surface area contributed by atoms with Crippen LogP contribution in [0.2, 0.25) is 0 Å². The molecule has 0 unspecified atom stereocenters. The predicted molar refractivity (Wildman–Crippen MR) is 99.3 cm³/mol. The van der Waals surface area contributed by atoms with Gasteiger partial charge >= 0.3 is 0 Å². The first kappa shape index (κ1) is 18.5. The van der Waals surface area contributed by atoms with E-state index in [1.807, 2.05) is 26.0 Å². The second kappa shape index (κ2) is 7.51. The van der Waals surface area contributed by atoms with E-state index in [0.29, 0.717) is 13.1 Å². The second-order valence-electron chi connectivity index (χ2n) is 6.89. The van der Waals surface area contributed by atoms with Crippen LogP contribution >= 0.6 is 0 Å². The Hall–Kier alpha value is -2.32. The summed E-state index contributed by atoms with van der Waals surface area (Å²) in [4.78, 5) is 26.2. The number of methoxy groups -OCH3 is 1. The fourth-order valence-electron chi connectivity index (χ4n) is 4.06. The van der Waals surface area contributed by atoms with Crippen LogP contribution in [0, 0.1) is 18.8 Å². The molecule has 2 aliphatic heterocycles. The van der Waals surface area contributed by atoms with Gasteiger partial charge in [0.2, 0.25) is 0 Å². The summed E-state index contributed by atoms with van der Waals surface area (Å²) in [6.07, 6.45) is 2.37. The average Bonchev–Trinajstić information content (AvgIpc) is 2.79. The molecule has 0 aliphatic carbocycles. The lowest BCUT2D eigenvalue weighted by Crippen LogP contribution is -2.40. The number of fused-ring (bicyclic) bond motifs is 1. The van der Waals surface area contributed by atoms with Crippen LogP contribution in [0.5, 0.6) is 0 Å². The molecule has 0 atom stereocenters. The van der Waals surface area contributed by atoms with Crippen molar-refractivity contribution in [3.05, 3.63) is 34.4 Å². The van der Waals surface area contributed by atoms with Crippen molar-refractivity contribution in [3.63, 3.8) is 0 Å². The molecular weight excluding hydrogens is 328 g/mol. The fourth-order valence-corrected chi connectivity index (χ4v) is 4.06. The Bertz CT molecular complexity index is 764. The zero-order chi connectivity index (χ0) is 18.8. The van der Waals surface area contributed by atoms with Gasteiger partial charge in [-0.05, 0) is 61.9 Å². The van der Waals surface area contributed by atoms with Gasteiger partial charge in [0.05, 0.1) is 6.10 Å². The first-order valence-corrected chi connectivity index (χ1v) is 9.23. The third kappa shape index (κ3) is 3.10. The molecule has 5 heteroatoms. The highest BCUT2D eigenvalue weighted by Crippen LogP contribution is 2.35. The molecule has 0 spiro atoms. The van der Waals surface area contributed by atoms with E-state index >= 15 is 0 Å². The van der Waals surface area contributed by atoms with Crippen molar-refractivity contribution in [2.45, 2.75) is 52.1 Å². The van der Waals surface area contributed by atoms with Crippen LogP contribution in [-0.4, -0.2) is 48.1 Å². The number of aryl methyl sites for hydroxylation is 2. The Morgan fingerprint density at radius 1 is 1.15 bits per heavy atom. The van der Waals surface area contributed by atoms with Gasteiger partial charge in [0, 0.05) is 25.8 Å². The second-order valence-corrected chi connectivity index (χ2v) is 6.89. The number of benzene rings is 1. The lowest BCUT2D eigenvalue weighted by molar-refractivity contribution is -0.145. The van der Waals surface area contributed by atoms with Gasteiger partial charge in [-0.2, -0.15) is 0 Å². The smallest absolute Gasteiger partial charge is 0.258 e. The number of hydrazine groups is 1. The standard InChI is InChI=1S/C21H26N2O3/c1-5-7-15-12-14(3)18(16(6-2)13-15)19-20(24)22-10-8-17(26-4)9-11-23(22)21(19)25/h12-13,17,19H,6,8-11H2,1-4H3. The highest BCUT2D eigenvalue weighted by molar-refractivity contribution is 6.10. The highest BCUT2D eigenvalue weighted by atomic mass is 16.5. The van der Waals surface area contributed by atoms with Crippen molar-refractivity contribution in [2.24, 2.45) is 0 Å². The van der Waals surface area contributed by atoms with E-state index in [1.54, 1.807) is 24.1 Å². The van der Waals surface area contributed by atoms with E-state index in [-0.39, 0.29) is 17.9 Å². The molecule has 1 aromatic carbocycles. The quantitative estimate of drug-likeness (QED) is 0.619. The Morgan fingerprint density at radius 3 is 2.27 bits per heavy atom. The molecule has 5 nitrogen and oxygen atoms in total. The zero-order valence-electron chi connectivity index (χ0n) is 16.0. The number of ether oxygens (including phenoxy) is 1. The topological polar surface area (TPSA) is 49.9 Å². The molecule has 0 radical (unpaired) electrons. The summed E-state index contributed by atoms with van der Waals surface area (Å²) >= 11 is 0. The van der Waals surface area contributed by atoms with E-state index < -0.39 is 5.92 Å². The summed E-state index contributed by atoms with van der Waals surface area (Å²) < 4.78 is 5.42. The molecule has 2 fully saturated rings. The third-order valence-electron chi connectivity index (χ3n) is 5.36. The van der Waals surface area contributed by atoms with E-state index in [0.717, 1.165) is 41.5 Å². The first-order valence-electron chi connectivity index (χ1n) is 9.23. The van der Waals surface area contributed by atoms with Crippen LogP contribution in [0.15, 0.2) is 12.1 Å². The molecule has 1 aromatic rings. The van der Waals surface area contributed by atoms with Crippen LogP contribution in [0.3, 0.4) is 0 Å². The van der Waals surface area contributed by atoms with Crippen molar-refractivity contribution in [2.75, 3.05) is 20.2 Å². The van der Waals surface area contributed by atoms with E-state index in [1.165, 1.54) is 0 Å². The van der Waals surface area contributed by atoms with E-state index in [2.05, 4.69) is 11.8 Å². The minimum Gasteiger partial charge on any atom is -0.381 e. The van der Waals surface area contributed by atoms with Crippen LogP contribution in [0.1, 0.15) is 54.9 Å². The molecule has 2 aliphatic rings. The van der Waals surface area contributed by atoms with Gasteiger partial charge in [-0.25, -0.2) is 0 Å². The molecule has 2 amide bonds. The van der Waals surface area contributed by atoms with Gasteiger partial charge in [-0.3, -0.25) is 19.6 Å². The van der Waals surface area contributed by atoms with Gasteiger partial charge < -0.3 is 4.74 Å².